The summed E-state index contributed by atoms with van der Waals surface area (Å²) in [6.07, 6.45) is -3.20. The van der Waals surface area contributed by atoms with Gasteiger partial charge < -0.3 is 4.74 Å². The summed E-state index contributed by atoms with van der Waals surface area (Å²) in [6, 6.07) is 6.64. The third-order valence-corrected chi connectivity index (χ3v) is 6.10. The molecule has 5 nitrogen and oxygen atoms in total. The monoisotopic (exact) mass is 381 g/mol. The van der Waals surface area contributed by atoms with Crippen LogP contribution in [0, 0.1) is 17.1 Å². The van der Waals surface area contributed by atoms with E-state index in [-0.39, 0.29) is 11.3 Å². The number of nitrogens with zero attached hydrogens (tertiary/aromatic N) is 1. The van der Waals surface area contributed by atoms with Gasteiger partial charge in [0, 0.05) is 6.07 Å². The van der Waals surface area contributed by atoms with E-state index in [1.165, 1.54) is 0 Å². The molecule has 3 rings (SSSR count). The topological polar surface area (TPSA) is 84.2 Å². The molecule has 1 unspecified atom stereocenters. The summed E-state index contributed by atoms with van der Waals surface area (Å²) in [6.45, 7) is 1.12. The van der Waals surface area contributed by atoms with Crippen LogP contribution in [-0.2, 0) is 9.84 Å². The molecule has 0 aliphatic carbocycles. The van der Waals surface area contributed by atoms with Crippen molar-refractivity contribution in [1.29, 1.82) is 5.26 Å². The summed E-state index contributed by atoms with van der Waals surface area (Å²) in [4.78, 5) is 11.7. The Balaban J connectivity index is 2.19. The van der Waals surface area contributed by atoms with Gasteiger partial charge in [0.1, 0.15) is 22.6 Å². The summed E-state index contributed by atoms with van der Waals surface area (Å²) in [7, 11) is -4.04. The predicted octanol–water partition coefficient (Wildman–Crippen LogP) is 3.79. The van der Waals surface area contributed by atoms with Crippen molar-refractivity contribution in [3.8, 4) is 17.6 Å². The molecule has 0 bridgehead atoms. The van der Waals surface area contributed by atoms with Crippen LogP contribution in [0.5, 0.6) is 11.5 Å². The maximum absolute atomic E-state index is 13.6. The number of hydrogen-bond acceptors (Lipinski definition) is 5. The molecule has 0 N–H and O–H groups in total. The fraction of sp³-hybridized carbons (Fsp3) is 0.176. The molecule has 134 valence electrons. The summed E-state index contributed by atoms with van der Waals surface area (Å²) < 4.78 is 70.3. The number of alkyl halides is 2. The fourth-order valence-electron chi connectivity index (χ4n) is 2.73. The second-order valence-electron chi connectivity index (χ2n) is 5.59. The fourth-order valence-corrected chi connectivity index (χ4v) is 4.26. The zero-order valence-corrected chi connectivity index (χ0v) is 14.0. The van der Waals surface area contributed by atoms with Gasteiger partial charge in [-0.2, -0.15) is 5.26 Å². The number of carbonyl (C=O) groups is 1. The molecule has 2 aromatic rings. The van der Waals surface area contributed by atoms with Crippen LogP contribution in [0.4, 0.5) is 13.2 Å². The van der Waals surface area contributed by atoms with Crippen LogP contribution in [0.25, 0.3) is 0 Å². The molecule has 0 spiro atoms. The van der Waals surface area contributed by atoms with E-state index in [0.717, 1.165) is 37.3 Å². The Kier molecular flexibility index (Phi) is 4.24. The first-order valence-electron chi connectivity index (χ1n) is 7.28. The molecule has 26 heavy (non-hydrogen) atoms. The minimum Gasteiger partial charge on any atom is -0.457 e. The number of Topliss-reactive ketones (excluding diaryl/α,β-unsaturated/α-hetero) is 1. The van der Waals surface area contributed by atoms with Crippen LogP contribution in [0.2, 0.25) is 0 Å². The van der Waals surface area contributed by atoms with Gasteiger partial charge in [-0.15, -0.1) is 0 Å². The highest BCUT2D eigenvalue weighted by Crippen LogP contribution is 2.43. The van der Waals surface area contributed by atoms with Crippen LogP contribution in [0.3, 0.4) is 0 Å². The number of rotatable bonds is 3. The van der Waals surface area contributed by atoms with Crippen molar-refractivity contribution in [3.05, 3.63) is 52.8 Å². The average molecular weight is 381 g/mol. The molecule has 0 amide bonds. The Morgan fingerprint density at radius 1 is 1.23 bits per heavy atom. The molecular weight excluding hydrogens is 371 g/mol. The highest BCUT2D eigenvalue weighted by Gasteiger charge is 2.45. The first-order chi connectivity index (χ1) is 12.2. The van der Waals surface area contributed by atoms with Gasteiger partial charge in [0.2, 0.25) is 0 Å². The van der Waals surface area contributed by atoms with E-state index in [0.29, 0.717) is 0 Å². The normalized spacial score (nSPS) is 17.8. The van der Waals surface area contributed by atoms with E-state index in [2.05, 4.69) is 0 Å². The van der Waals surface area contributed by atoms with E-state index in [9.17, 15) is 26.4 Å². The van der Waals surface area contributed by atoms with E-state index in [1.807, 2.05) is 0 Å². The summed E-state index contributed by atoms with van der Waals surface area (Å²) >= 11 is 0. The molecule has 2 aromatic carbocycles. The minimum absolute atomic E-state index is 0.0907. The zero-order chi connectivity index (χ0) is 19.2. The smallest absolute Gasteiger partial charge is 0.268 e. The molecule has 0 aromatic heterocycles. The van der Waals surface area contributed by atoms with Crippen LogP contribution >= 0.6 is 0 Å². The second-order valence-corrected chi connectivity index (χ2v) is 7.83. The van der Waals surface area contributed by atoms with E-state index >= 15 is 0 Å². The molecule has 1 heterocycles. The number of benzene rings is 2. The molecule has 1 atom stereocenters. The molecule has 0 fully saturated rings. The van der Waals surface area contributed by atoms with Crippen molar-refractivity contribution >= 4 is 15.6 Å². The van der Waals surface area contributed by atoms with Gasteiger partial charge >= 0.3 is 0 Å². The summed E-state index contributed by atoms with van der Waals surface area (Å²) in [5.41, 5.74) is -1.57. The lowest BCUT2D eigenvalue weighted by molar-refractivity contribution is 0.0978. The van der Waals surface area contributed by atoms with Crippen molar-refractivity contribution < 1.29 is 31.1 Å². The predicted molar refractivity (Wildman–Crippen MR) is 83.6 cm³/mol. The summed E-state index contributed by atoms with van der Waals surface area (Å²) in [5, 5.41) is 7.37. The van der Waals surface area contributed by atoms with Gasteiger partial charge in [0.25, 0.3) is 6.43 Å². The Labute approximate surface area is 146 Å². The zero-order valence-electron chi connectivity index (χ0n) is 13.2. The van der Waals surface area contributed by atoms with Crippen molar-refractivity contribution in [3.63, 3.8) is 0 Å². The van der Waals surface area contributed by atoms with Gasteiger partial charge in [-0.05, 0) is 31.2 Å². The number of hydrogen-bond donors (Lipinski definition) is 0. The highest BCUT2D eigenvalue weighted by atomic mass is 32.2. The van der Waals surface area contributed by atoms with Gasteiger partial charge in [-0.25, -0.2) is 21.6 Å². The lowest BCUT2D eigenvalue weighted by atomic mass is 10.0. The number of nitriles is 1. The number of ether oxygens (including phenoxy) is 1. The Hall–Kier alpha value is -2.86. The molecular formula is C17H10F3NO4S. The van der Waals surface area contributed by atoms with Crippen LogP contribution < -0.4 is 4.74 Å². The van der Waals surface area contributed by atoms with Crippen LogP contribution in [-0.4, -0.2) is 19.5 Å². The van der Waals surface area contributed by atoms with Crippen molar-refractivity contribution in [1.82, 2.24) is 0 Å². The van der Waals surface area contributed by atoms with E-state index in [4.69, 9.17) is 10.00 Å². The number of halogens is 3. The van der Waals surface area contributed by atoms with Crippen LogP contribution in [0.15, 0.2) is 35.2 Å². The first-order valence-corrected chi connectivity index (χ1v) is 8.83. The van der Waals surface area contributed by atoms with Gasteiger partial charge in [0.05, 0.1) is 27.7 Å². The molecule has 0 radical (unpaired) electrons. The maximum atomic E-state index is 13.6. The number of sulfone groups is 1. The molecule has 9 heteroatoms. The second kappa shape index (κ2) is 6.14. The standard InChI is InChI=1S/C17H10F3NO4S/c1-8-16(22)15-13(26(8,23)24)3-2-12(14(15)17(19)20)25-11-5-9(7-21)4-10(18)6-11/h2-6,8,17H,1H3. The van der Waals surface area contributed by atoms with Crippen LogP contribution in [0.1, 0.15) is 34.8 Å². The van der Waals surface area contributed by atoms with Crippen molar-refractivity contribution in [2.75, 3.05) is 0 Å². The van der Waals surface area contributed by atoms with Gasteiger partial charge in [-0.3, -0.25) is 4.79 Å². The maximum Gasteiger partial charge on any atom is 0.268 e. The van der Waals surface area contributed by atoms with Gasteiger partial charge in [0.15, 0.2) is 15.6 Å². The largest absolute Gasteiger partial charge is 0.457 e. The molecule has 0 saturated heterocycles. The minimum atomic E-state index is -4.04. The molecule has 1 aliphatic heterocycles. The Morgan fingerprint density at radius 2 is 1.92 bits per heavy atom. The molecule has 0 saturated carbocycles. The van der Waals surface area contributed by atoms with Crippen molar-refractivity contribution in [2.45, 2.75) is 23.5 Å². The van der Waals surface area contributed by atoms with Crippen molar-refractivity contribution in [2.24, 2.45) is 0 Å². The lowest BCUT2D eigenvalue weighted by Crippen LogP contribution is -2.18. The number of ketones is 1. The third kappa shape index (κ3) is 2.72. The Bertz CT molecular complexity index is 1070. The SMILES string of the molecule is CC1C(=O)c2c(ccc(Oc3cc(F)cc(C#N)c3)c2C(F)F)S1(=O)=O. The molecule has 1 aliphatic rings. The highest BCUT2D eigenvalue weighted by molar-refractivity contribution is 7.93. The quantitative estimate of drug-likeness (QED) is 0.808. The number of carbonyl (C=O) groups excluding carboxylic acids is 1. The first kappa shape index (κ1) is 17.9. The lowest BCUT2D eigenvalue weighted by Gasteiger charge is -2.14. The Morgan fingerprint density at radius 3 is 2.54 bits per heavy atom. The van der Waals surface area contributed by atoms with E-state index < -0.39 is 54.9 Å². The van der Waals surface area contributed by atoms with E-state index in [1.54, 1.807) is 6.07 Å². The summed E-state index contributed by atoms with van der Waals surface area (Å²) in [5.74, 6) is -2.47. The third-order valence-electron chi connectivity index (χ3n) is 4.00. The van der Waals surface area contributed by atoms with Gasteiger partial charge in [-0.1, -0.05) is 0 Å². The average Bonchev–Trinajstić information content (AvgIpc) is 2.74. The number of fused-ring (bicyclic) bond motifs is 1.